The molecule has 0 N–H and O–H groups in total. The number of hydrogen-bond donors (Lipinski definition) is 0. The van der Waals surface area contributed by atoms with Crippen LogP contribution in [0.25, 0.3) is 22.2 Å². The van der Waals surface area contributed by atoms with Gasteiger partial charge in [0.25, 0.3) is 0 Å². The molecule has 5 nitrogen and oxygen atoms in total. The molecule has 3 aromatic carbocycles. The van der Waals surface area contributed by atoms with Crippen molar-refractivity contribution in [2.75, 3.05) is 18.0 Å². The van der Waals surface area contributed by atoms with Crippen molar-refractivity contribution in [3.8, 4) is 11.1 Å². The first-order valence-electron chi connectivity index (χ1n) is 17.1. The maximum absolute atomic E-state index is 12.6. The van der Waals surface area contributed by atoms with Gasteiger partial charge in [-0.2, -0.15) is 0 Å². The molecule has 5 rings (SSSR count). The molecule has 1 fully saturated rings. The van der Waals surface area contributed by atoms with E-state index in [1.54, 1.807) is 14.0 Å². The zero-order valence-electron chi connectivity index (χ0n) is 31.7. The molecule has 0 radical (unpaired) electrons. The lowest BCUT2D eigenvalue weighted by atomic mass is 9.86. The van der Waals surface area contributed by atoms with Crippen LogP contribution < -0.4 is 10.7 Å². The van der Waals surface area contributed by atoms with Crippen LogP contribution in [-0.2, 0) is 7.05 Å². The van der Waals surface area contributed by atoms with Gasteiger partial charge < -0.3 is 9.32 Å². The maximum atomic E-state index is 12.6. The molecule has 2 heterocycles. The molecule has 1 saturated heterocycles. The van der Waals surface area contributed by atoms with Crippen LogP contribution >= 0.6 is 0 Å². The lowest BCUT2D eigenvalue weighted by molar-refractivity contribution is 0.0747. The summed E-state index contributed by atoms with van der Waals surface area (Å²) in [5.74, 6) is -0.591. The SMILES string of the molecule is [2H]c1c([2H])c([2H])c(-c2c([2H])c([2H])c([2H])c(C(C)N3CCN(c4c([2H])c([2H])c(C)c5c4oc(=O)n5C)C(C)(C)C3C)c2[2H])c(C)c1[2H]. The number of piperazine rings is 1. The minimum absolute atomic E-state index is 0.00369. The molecule has 0 amide bonds. The molecule has 1 aliphatic rings. The highest BCUT2D eigenvalue weighted by Gasteiger charge is 2.43. The molecule has 1 aromatic heterocycles. The molecule has 5 heteroatoms. The first kappa shape index (κ1) is 15.1. The van der Waals surface area contributed by atoms with Gasteiger partial charge in [0.05, 0.1) is 24.9 Å². The zero-order chi connectivity index (χ0) is 34.5. The van der Waals surface area contributed by atoms with E-state index in [1.165, 1.54) is 11.5 Å². The van der Waals surface area contributed by atoms with E-state index in [4.69, 9.17) is 16.8 Å². The van der Waals surface area contributed by atoms with Crippen LogP contribution in [0.1, 0.15) is 64.1 Å². The van der Waals surface area contributed by atoms with E-state index in [0.29, 0.717) is 29.9 Å². The van der Waals surface area contributed by atoms with Gasteiger partial charge in [-0.25, -0.2) is 4.79 Å². The van der Waals surface area contributed by atoms with Gasteiger partial charge in [-0.05, 0) is 81.4 Å². The predicted molar refractivity (Wildman–Crippen MR) is 149 cm³/mol. The summed E-state index contributed by atoms with van der Waals surface area (Å²) < 4.78 is 93.0. The molecular formula is C31H37N3O2. The second kappa shape index (κ2) is 8.97. The molecule has 0 bridgehead atoms. The van der Waals surface area contributed by atoms with Crippen LogP contribution in [0.5, 0.6) is 0 Å². The molecule has 36 heavy (non-hydrogen) atoms. The highest BCUT2D eigenvalue weighted by molar-refractivity contribution is 5.90. The summed E-state index contributed by atoms with van der Waals surface area (Å²) in [6, 6.07) is -4.03. The highest BCUT2D eigenvalue weighted by Crippen LogP contribution is 2.40. The maximum Gasteiger partial charge on any atom is 0.419 e. The standard InChI is InChI=1S/C31H37N3O2/c1-20-11-8-9-14-26(20)25-13-10-12-24(19-25)22(3)33-17-18-34(31(5,6)23(33)4)27-16-15-21(2)28-29(27)36-30(35)32(28)7/h8-16,19,22-23H,17-18H2,1-7H3/i8D,9D,10D,11D,12D,13D,14D,15D,16D,19D. The number of hydrogen-bond acceptors (Lipinski definition) is 4. The number of rotatable bonds is 4. The third-order valence-corrected chi connectivity index (χ3v) is 7.70. The van der Waals surface area contributed by atoms with Gasteiger partial charge in [0.2, 0.25) is 0 Å². The Morgan fingerprint density at radius 3 is 2.56 bits per heavy atom. The van der Waals surface area contributed by atoms with Crippen LogP contribution in [0.4, 0.5) is 5.69 Å². The summed E-state index contributed by atoms with van der Waals surface area (Å²) in [6.45, 7) is 11.6. The number of anilines is 1. The van der Waals surface area contributed by atoms with Crippen molar-refractivity contribution in [3.63, 3.8) is 0 Å². The lowest BCUT2D eigenvalue weighted by Crippen LogP contribution is -2.65. The van der Waals surface area contributed by atoms with E-state index < -0.39 is 47.5 Å². The number of aryl methyl sites for hydroxylation is 2. The summed E-state index contributed by atoms with van der Waals surface area (Å²) in [6.07, 6.45) is 0. The van der Waals surface area contributed by atoms with Gasteiger partial charge in [-0.3, -0.25) is 9.47 Å². The van der Waals surface area contributed by atoms with Crippen LogP contribution in [0, 0.1) is 13.8 Å². The van der Waals surface area contributed by atoms with Gasteiger partial charge in [-0.1, -0.05) is 48.3 Å². The fraction of sp³-hybridized carbons (Fsp3) is 0.387. The first-order chi connectivity index (χ1) is 21.3. The van der Waals surface area contributed by atoms with E-state index in [1.807, 2.05) is 32.6 Å². The first-order valence-corrected chi connectivity index (χ1v) is 12.1. The van der Waals surface area contributed by atoms with Crippen molar-refractivity contribution in [1.29, 1.82) is 0 Å². The molecule has 188 valence electrons. The number of nitrogens with zero attached hydrogens (tertiary/aromatic N) is 3. The lowest BCUT2D eigenvalue weighted by Gasteiger charge is -2.54. The van der Waals surface area contributed by atoms with Gasteiger partial charge in [-0.15, -0.1) is 0 Å². The molecule has 0 saturated carbocycles. The molecule has 0 spiro atoms. The summed E-state index contributed by atoms with van der Waals surface area (Å²) >= 11 is 0. The number of oxazole rings is 1. The second-order valence-electron chi connectivity index (χ2n) is 10.0. The Labute approximate surface area is 228 Å². The van der Waals surface area contributed by atoms with Crippen molar-refractivity contribution in [1.82, 2.24) is 9.47 Å². The smallest absolute Gasteiger partial charge is 0.405 e. The van der Waals surface area contributed by atoms with Crippen molar-refractivity contribution in [3.05, 3.63) is 87.7 Å². The van der Waals surface area contributed by atoms with Crippen LogP contribution in [-0.4, -0.2) is 34.1 Å². The van der Waals surface area contributed by atoms with Crippen LogP contribution in [0.3, 0.4) is 0 Å². The number of benzene rings is 3. The Bertz CT molecular complexity index is 1970. The van der Waals surface area contributed by atoms with Gasteiger partial charge in [0.1, 0.15) is 0 Å². The van der Waals surface area contributed by atoms with Gasteiger partial charge in [0.15, 0.2) is 5.58 Å². The Morgan fingerprint density at radius 2 is 1.78 bits per heavy atom. The second-order valence-corrected chi connectivity index (χ2v) is 10.0. The molecule has 2 unspecified atom stereocenters. The summed E-state index contributed by atoms with van der Waals surface area (Å²) in [4.78, 5) is 16.6. The van der Waals surface area contributed by atoms with Crippen LogP contribution in [0.2, 0.25) is 0 Å². The van der Waals surface area contributed by atoms with Gasteiger partial charge >= 0.3 is 5.76 Å². The summed E-state index contributed by atoms with van der Waals surface area (Å²) in [5, 5.41) is 0. The quantitative estimate of drug-likeness (QED) is 0.327. The predicted octanol–water partition coefficient (Wildman–Crippen LogP) is 6.47. The van der Waals surface area contributed by atoms with Gasteiger partial charge in [0, 0.05) is 37.8 Å². The topological polar surface area (TPSA) is 41.6 Å². The molecule has 2 atom stereocenters. The van der Waals surface area contributed by atoms with E-state index in [-0.39, 0.29) is 64.1 Å². The average molecular weight is 494 g/mol. The Hall–Kier alpha value is -3.31. The fourth-order valence-corrected chi connectivity index (χ4v) is 5.23. The monoisotopic (exact) mass is 493 g/mol. The Balaban J connectivity index is 1.64. The van der Waals surface area contributed by atoms with E-state index in [9.17, 15) is 6.17 Å². The third-order valence-electron chi connectivity index (χ3n) is 7.70. The van der Waals surface area contributed by atoms with Crippen molar-refractivity contribution >= 4 is 16.8 Å². The van der Waals surface area contributed by atoms with E-state index >= 15 is 0 Å². The molecular weight excluding hydrogens is 446 g/mol. The van der Waals surface area contributed by atoms with E-state index in [0.717, 1.165) is 0 Å². The summed E-state index contributed by atoms with van der Waals surface area (Å²) in [5.41, 5.74) is 0.975. The number of fused-ring (bicyclic) bond motifs is 1. The van der Waals surface area contributed by atoms with Crippen molar-refractivity contribution in [2.45, 2.75) is 59.2 Å². The largest absolute Gasteiger partial charge is 0.419 e. The zero-order valence-corrected chi connectivity index (χ0v) is 21.7. The molecule has 1 aliphatic heterocycles. The average Bonchev–Trinajstić information content (AvgIpc) is 3.30. The van der Waals surface area contributed by atoms with E-state index in [2.05, 4.69) is 4.90 Å². The highest BCUT2D eigenvalue weighted by atomic mass is 16.4. The molecule has 0 aliphatic carbocycles. The minimum Gasteiger partial charge on any atom is -0.405 e. The normalized spacial score (nSPS) is 23.0. The Kier molecular flexibility index (Phi) is 3.75. The third kappa shape index (κ3) is 3.86. The molecule has 4 aromatic rings. The fourth-order valence-electron chi connectivity index (χ4n) is 5.23. The summed E-state index contributed by atoms with van der Waals surface area (Å²) in [7, 11) is 1.57. The number of aromatic nitrogens is 1. The van der Waals surface area contributed by atoms with Crippen molar-refractivity contribution < 1.29 is 18.1 Å². The Morgan fingerprint density at radius 1 is 1.03 bits per heavy atom. The minimum atomic E-state index is -0.729. The van der Waals surface area contributed by atoms with Crippen molar-refractivity contribution in [2.24, 2.45) is 7.05 Å². The van der Waals surface area contributed by atoms with Crippen LogP contribution in [0.15, 0.2) is 69.6 Å².